The minimum absolute atomic E-state index is 0.275. The maximum atomic E-state index is 6.18. The highest BCUT2D eigenvalue weighted by Gasteiger charge is 2.21. The molecule has 1 aromatic carbocycles. The number of hydrogen-bond donors (Lipinski definition) is 0. The molecule has 0 saturated carbocycles. The standard InChI is InChI=1S/C12H13Cl2N3/c1-8(2)17-7-15-12(14)16-11(17)9-5-3-4-6-10(9)13/h3-6,8H,7H2,1-2H3. The van der Waals surface area contributed by atoms with Crippen LogP contribution in [0.15, 0.2) is 34.3 Å². The van der Waals surface area contributed by atoms with Crippen LogP contribution in [0.2, 0.25) is 5.02 Å². The van der Waals surface area contributed by atoms with Gasteiger partial charge in [0.1, 0.15) is 12.5 Å². The van der Waals surface area contributed by atoms with E-state index in [-0.39, 0.29) is 5.29 Å². The van der Waals surface area contributed by atoms with Crippen molar-refractivity contribution in [2.45, 2.75) is 19.9 Å². The van der Waals surface area contributed by atoms with Crippen molar-refractivity contribution in [3.05, 3.63) is 34.9 Å². The van der Waals surface area contributed by atoms with Gasteiger partial charge in [0, 0.05) is 11.6 Å². The van der Waals surface area contributed by atoms with Crippen molar-refractivity contribution in [2.24, 2.45) is 9.98 Å². The lowest BCUT2D eigenvalue weighted by Gasteiger charge is -2.30. The summed E-state index contributed by atoms with van der Waals surface area (Å²) >= 11 is 12.1. The van der Waals surface area contributed by atoms with Crippen molar-refractivity contribution in [1.29, 1.82) is 0 Å². The van der Waals surface area contributed by atoms with Gasteiger partial charge in [-0.2, -0.15) is 0 Å². The predicted octanol–water partition coefficient (Wildman–Crippen LogP) is 3.36. The number of hydrogen-bond acceptors (Lipinski definition) is 3. The number of nitrogens with zero attached hydrogens (tertiary/aromatic N) is 3. The smallest absolute Gasteiger partial charge is 0.221 e. The number of halogens is 2. The van der Waals surface area contributed by atoms with Gasteiger partial charge in [-0.25, -0.2) is 9.98 Å². The largest absolute Gasteiger partial charge is 0.334 e. The SMILES string of the molecule is CC(C)N1CN=C(Cl)N=C1c1ccccc1Cl. The van der Waals surface area contributed by atoms with Crippen LogP contribution in [-0.2, 0) is 0 Å². The molecule has 1 aliphatic rings. The molecule has 0 bridgehead atoms. The van der Waals surface area contributed by atoms with E-state index in [2.05, 4.69) is 28.7 Å². The van der Waals surface area contributed by atoms with Gasteiger partial charge in [-0.3, -0.25) is 0 Å². The van der Waals surface area contributed by atoms with Crippen molar-refractivity contribution in [2.75, 3.05) is 6.67 Å². The highest BCUT2D eigenvalue weighted by Crippen LogP contribution is 2.21. The summed E-state index contributed by atoms with van der Waals surface area (Å²) in [5.74, 6) is 0.783. The van der Waals surface area contributed by atoms with Gasteiger partial charge in [-0.1, -0.05) is 23.7 Å². The van der Waals surface area contributed by atoms with Crippen LogP contribution < -0.4 is 0 Å². The molecule has 0 aliphatic carbocycles. The third-order valence-corrected chi connectivity index (χ3v) is 3.10. The van der Waals surface area contributed by atoms with Gasteiger partial charge in [-0.05, 0) is 37.6 Å². The van der Waals surface area contributed by atoms with Gasteiger partial charge in [0.05, 0.1) is 5.02 Å². The Hall–Kier alpha value is -1.06. The molecule has 0 N–H and O–H groups in total. The average molecular weight is 270 g/mol. The summed E-state index contributed by atoms with van der Waals surface area (Å²) in [6.45, 7) is 4.68. The molecule has 5 heteroatoms. The van der Waals surface area contributed by atoms with Crippen LogP contribution in [0.3, 0.4) is 0 Å². The predicted molar refractivity (Wildman–Crippen MR) is 73.1 cm³/mol. The van der Waals surface area contributed by atoms with E-state index in [1.54, 1.807) is 0 Å². The number of rotatable bonds is 2. The van der Waals surface area contributed by atoms with Crippen LogP contribution in [-0.4, -0.2) is 28.7 Å². The first-order chi connectivity index (χ1) is 8.09. The van der Waals surface area contributed by atoms with Crippen molar-refractivity contribution in [1.82, 2.24) is 4.90 Å². The van der Waals surface area contributed by atoms with Gasteiger partial charge in [0.2, 0.25) is 5.29 Å². The van der Waals surface area contributed by atoms with Crippen LogP contribution in [0.25, 0.3) is 0 Å². The molecule has 90 valence electrons. The van der Waals surface area contributed by atoms with Crippen molar-refractivity contribution in [3.8, 4) is 0 Å². The van der Waals surface area contributed by atoms with Gasteiger partial charge >= 0.3 is 0 Å². The fourth-order valence-corrected chi connectivity index (χ4v) is 2.01. The Morgan fingerprint density at radius 1 is 1.24 bits per heavy atom. The fraction of sp³-hybridized carbons (Fsp3) is 0.333. The lowest BCUT2D eigenvalue weighted by atomic mass is 10.1. The Morgan fingerprint density at radius 3 is 2.59 bits per heavy atom. The van der Waals surface area contributed by atoms with Crippen LogP contribution in [0.5, 0.6) is 0 Å². The zero-order chi connectivity index (χ0) is 12.4. The van der Waals surface area contributed by atoms with E-state index in [4.69, 9.17) is 23.2 Å². The molecule has 0 aromatic heterocycles. The molecule has 0 radical (unpaired) electrons. The summed E-state index contributed by atoms with van der Waals surface area (Å²) in [4.78, 5) is 10.5. The summed E-state index contributed by atoms with van der Waals surface area (Å²) < 4.78 is 0. The van der Waals surface area contributed by atoms with E-state index in [0.29, 0.717) is 17.7 Å². The first kappa shape index (κ1) is 12.4. The Bertz CT molecular complexity index is 480. The fourth-order valence-electron chi connectivity index (χ4n) is 1.65. The maximum absolute atomic E-state index is 6.18. The lowest BCUT2D eigenvalue weighted by Crippen LogP contribution is -2.40. The first-order valence-electron chi connectivity index (χ1n) is 5.40. The molecule has 0 spiro atoms. The van der Waals surface area contributed by atoms with E-state index in [9.17, 15) is 0 Å². The van der Waals surface area contributed by atoms with E-state index in [1.807, 2.05) is 24.3 Å². The molecule has 0 saturated heterocycles. The molecule has 2 rings (SSSR count). The Morgan fingerprint density at radius 2 is 1.94 bits per heavy atom. The van der Waals surface area contributed by atoms with Gasteiger partial charge in [0.15, 0.2) is 0 Å². The summed E-state index contributed by atoms with van der Waals surface area (Å²) in [5, 5.41) is 0.945. The van der Waals surface area contributed by atoms with Gasteiger partial charge in [0.25, 0.3) is 0 Å². The number of benzene rings is 1. The van der Waals surface area contributed by atoms with Gasteiger partial charge in [-0.15, -0.1) is 0 Å². The molecule has 17 heavy (non-hydrogen) atoms. The van der Waals surface area contributed by atoms with Crippen LogP contribution in [0.1, 0.15) is 19.4 Å². The van der Waals surface area contributed by atoms with Crippen molar-refractivity contribution < 1.29 is 0 Å². The molecule has 3 nitrogen and oxygen atoms in total. The monoisotopic (exact) mass is 269 g/mol. The Kier molecular flexibility index (Phi) is 3.69. The molecule has 1 aromatic rings. The Balaban J connectivity index is 2.46. The zero-order valence-corrected chi connectivity index (χ0v) is 11.2. The van der Waals surface area contributed by atoms with E-state index in [1.165, 1.54) is 0 Å². The Labute approximate surface area is 111 Å². The first-order valence-corrected chi connectivity index (χ1v) is 6.15. The quantitative estimate of drug-likeness (QED) is 0.757. The molecule has 1 aliphatic heterocycles. The summed E-state index contributed by atoms with van der Waals surface area (Å²) in [6, 6.07) is 7.90. The third-order valence-electron chi connectivity index (χ3n) is 2.56. The second kappa shape index (κ2) is 5.07. The molecule has 0 atom stereocenters. The van der Waals surface area contributed by atoms with Crippen molar-refractivity contribution in [3.63, 3.8) is 0 Å². The van der Waals surface area contributed by atoms with Crippen LogP contribution >= 0.6 is 23.2 Å². The molecule has 1 heterocycles. The summed E-state index contributed by atoms with van der Waals surface area (Å²) in [7, 11) is 0. The van der Waals surface area contributed by atoms with E-state index >= 15 is 0 Å². The zero-order valence-electron chi connectivity index (χ0n) is 9.69. The maximum Gasteiger partial charge on any atom is 0.221 e. The van der Waals surface area contributed by atoms with E-state index < -0.39 is 0 Å². The minimum Gasteiger partial charge on any atom is -0.334 e. The molecule has 0 amide bonds. The highest BCUT2D eigenvalue weighted by atomic mass is 35.5. The van der Waals surface area contributed by atoms with Gasteiger partial charge < -0.3 is 4.90 Å². The average Bonchev–Trinajstić information content (AvgIpc) is 2.29. The molecular formula is C12H13Cl2N3. The summed E-state index contributed by atoms with van der Waals surface area (Å²) in [5.41, 5.74) is 0.885. The number of aliphatic imine (C=N–C) groups is 2. The molecule has 0 fully saturated rings. The summed E-state index contributed by atoms with van der Waals surface area (Å²) in [6.07, 6.45) is 0. The number of amidine groups is 2. The normalized spacial score (nSPS) is 15.9. The second-order valence-corrected chi connectivity index (χ2v) is 4.79. The molecule has 0 unspecified atom stereocenters. The second-order valence-electron chi connectivity index (χ2n) is 4.05. The van der Waals surface area contributed by atoms with Crippen LogP contribution in [0, 0.1) is 0 Å². The third kappa shape index (κ3) is 2.61. The minimum atomic E-state index is 0.275. The topological polar surface area (TPSA) is 28.0 Å². The van der Waals surface area contributed by atoms with E-state index in [0.717, 1.165) is 11.4 Å². The highest BCUT2D eigenvalue weighted by molar-refractivity contribution is 6.66. The van der Waals surface area contributed by atoms with Crippen molar-refractivity contribution >= 4 is 34.3 Å². The van der Waals surface area contributed by atoms with Crippen LogP contribution in [0.4, 0.5) is 0 Å². The lowest BCUT2D eigenvalue weighted by molar-refractivity contribution is 0.358. The molecular weight excluding hydrogens is 257 g/mol.